The number of benzene rings is 1. The van der Waals surface area contributed by atoms with E-state index in [0.29, 0.717) is 26.1 Å². The van der Waals surface area contributed by atoms with Crippen LogP contribution in [0.5, 0.6) is 0 Å². The summed E-state index contributed by atoms with van der Waals surface area (Å²) in [4.78, 5) is 24.1. The molecule has 6 nitrogen and oxygen atoms in total. The van der Waals surface area contributed by atoms with Crippen molar-refractivity contribution in [2.45, 2.75) is 44.3 Å². The number of aromatic nitrogens is 2. The van der Waals surface area contributed by atoms with Gasteiger partial charge in [0.05, 0.1) is 12.3 Å². The first-order valence-corrected chi connectivity index (χ1v) is 10.0. The van der Waals surface area contributed by atoms with Crippen LogP contribution in [0.2, 0.25) is 0 Å². The lowest BCUT2D eigenvalue weighted by Gasteiger charge is -2.44. The molecule has 2 aliphatic heterocycles. The van der Waals surface area contributed by atoms with E-state index in [1.165, 1.54) is 0 Å². The Morgan fingerprint density at radius 1 is 1.29 bits per heavy atom. The van der Waals surface area contributed by atoms with E-state index in [-0.39, 0.29) is 12.0 Å². The van der Waals surface area contributed by atoms with E-state index in [1.54, 1.807) is 7.11 Å². The summed E-state index contributed by atoms with van der Waals surface area (Å²) in [6.45, 7) is 3.95. The van der Waals surface area contributed by atoms with E-state index < -0.39 is 5.60 Å². The molecule has 0 saturated carbocycles. The lowest BCUT2D eigenvalue weighted by molar-refractivity contribution is -0.151. The molecule has 0 N–H and O–H groups in total. The minimum Gasteiger partial charge on any atom is -0.372 e. The number of hydrogen-bond donors (Lipinski definition) is 0. The van der Waals surface area contributed by atoms with Gasteiger partial charge in [0.25, 0.3) is 5.91 Å². The van der Waals surface area contributed by atoms with Crippen LogP contribution < -0.4 is 0 Å². The molecule has 1 fully saturated rings. The zero-order valence-corrected chi connectivity index (χ0v) is 16.6. The van der Waals surface area contributed by atoms with E-state index >= 15 is 0 Å². The summed E-state index contributed by atoms with van der Waals surface area (Å²) >= 11 is 0. The molecule has 1 amide bonds. The Bertz CT molecular complexity index is 828. The molecule has 3 heterocycles. The molecule has 1 spiro atoms. The third-order valence-electron chi connectivity index (χ3n) is 5.89. The summed E-state index contributed by atoms with van der Waals surface area (Å²) < 4.78 is 11.6. The van der Waals surface area contributed by atoms with Gasteiger partial charge >= 0.3 is 0 Å². The van der Waals surface area contributed by atoms with Crippen LogP contribution in [0.3, 0.4) is 0 Å². The van der Waals surface area contributed by atoms with Crippen LogP contribution in [-0.2, 0) is 26.3 Å². The Balaban J connectivity index is 1.59. The summed E-state index contributed by atoms with van der Waals surface area (Å²) in [6, 6.07) is 10.0. The van der Waals surface area contributed by atoms with Crippen molar-refractivity contribution >= 4 is 5.91 Å². The van der Waals surface area contributed by atoms with Crippen LogP contribution in [0.25, 0.3) is 11.4 Å². The van der Waals surface area contributed by atoms with Gasteiger partial charge in [0.15, 0.2) is 5.82 Å². The maximum Gasteiger partial charge on any atom is 0.251 e. The van der Waals surface area contributed by atoms with Crippen molar-refractivity contribution in [2.75, 3.05) is 26.8 Å². The van der Waals surface area contributed by atoms with Crippen LogP contribution >= 0.6 is 0 Å². The fourth-order valence-corrected chi connectivity index (χ4v) is 4.25. The molecule has 1 aromatic heterocycles. The number of amides is 1. The van der Waals surface area contributed by atoms with E-state index in [0.717, 1.165) is 41.9 Å². The third kappa shape index (κ3) is 3.42. The maximum atomic E-state index is 12.7. The van der Waals surface area contributed by atoms with E-state index in [1.807, 2.05) is 48.4 Å². The van der Waals surface area contributed by atoms with Gasteiger partial charge in [0.2, 0.25) is 0 Å². The standard InChI is InChI=1S/C22H27N3O3/c1-3-18(27-2)21(26)25-12-10-22(11-13-25)19-17(9-14-28-22)15-23-20(24-19)16-7-5-4-6-8-16/h4-8,15,18H,3,9-14H2,1-2H3. The number of nitrogens with zero attached hydrogens (tertiary/aromatic N) is 3. The van der Waals surface area contributed by atoms with E-state index in [2.05, 4.69) is 4.98 Å². The number of fused-ring (bicyclic) bond motifs is 2. The van der Waals surface area contributed by atoms with Crippen molar-refractivity contribution < 1.29 is 14.3 Å². The molecule has 1 unspecified atom stereocenters. The summed E-state index contributed by atoms with van der Waals surface area (Å²) in [5, 5.41) is 0. The van der Waals surface area contributed by atoms with Crippen LogP contribution in [0.15, 0.2) is 36.5 Å². The topological polar surface area (TPSA) is 64.5 Å². The van der Waals surface area contributed by atoms with Crippen molar-refractivity contribution in [3.8, 4) is 11.4 Å². The molecule has 1 atom stereocenters. The first-order valence-electron chi connectivity index (χ1n) is 10.0. The van der Waals surface area contributed by atoms with Gasteiger partial charge in [-0.15, -0.1) is 0 Å². The number of likely N-dealkylation sites (tertiary alicyclic amines) is 1. The fourth-order valence-electron chi connectivity index (χ4n) is 4.25. The average Bonchev–Trinajstić information content (AvgIpc) is 2.76. The molecule has 1 aromatic carbocycles. The quantitative estimate of drug-likeness (QED) is 0.815. The van der Waals surface area contributed by atoms with Crippen molar-refractivity contribution in [2.24, 2.45) is 0 Å². The number of methoxy groups -OCH3 is 1. The lowest BCUT2D eigenvalue weighted by atomic mass is 9.83. The van der Waals surface area contributed by atoms with Crippen LogP contribution in [0, 0.1) is 0 Å². The molecule has 6 heteroatoms. The number of piperidine rings is 1. The van der Waals surface area contributed by atoms with Crippen molar-refractivity contribution in [1.29, 1.82) is 0 Å². The minimum atomic E-state index is -0.425. The largest absolute Gasteiger partial charge is 0.372 e. The predicted molar refractivity (Wildman–Crippen MR) is 106 cm³/mol. The first kappa shape index (κ1) is 19.0. The Morgan fingerprint density at radius 2 is 2.04 bits per heavy atom. The summed E-state index contributed by atoms with van der Waals surface area (Å²) in [5.41, 5.74) is 2.74. The Kier molecular flexibility index (Phi) is 5.42. The highest BCUT2D eigenvalue weighted by atomic mass is 16.5. The van der Waals surface area contributed by atoms with Gasteiger partial charge in [-0.1, -0.05) is 37.3 Å². The summed E-state index contributed by atoms with van der Waals surface area (Å²) in [6.07, 6.45) is 4.60. The number of rotatable bonds is 4. The number of hydrogen-bond acceptors (Lipinski definition) is 5. The molecule has 2 aromatic rings. The Labute approximate surface area is 165 Å². The second kappa shape index (κ2) is 7.97. The molecular weight excluding hydrogens is 354 g/mol. The minimum absolute atomic E-state index is 0.0727. The molecular formula is C22H27N3O3. The van der Waals surface area contributed by atoms with Gasteiger partial charge in [-0.3, -0.25) is 4.79 Å². The molecule has 0 radical (unpaired) electrons. The van der Waals surface area contributed by atoms with Gasteiger partial charge in [-0.05, 0) is 31.2 Å². The SMILES string of the molecule is CCC(OC)C(=O)N1CCC2(CC1)OCCc1cnc(-c3ccccc3)nc12. The van der Waals surface area contributed by atoms with Crippen LogP contribution in [-0.4, -0.2) is 53.7 Å². The van der Waals surface area contributed by atoms with Gasteiger partial charge < -0.3 is 14.4 Å². The van der Waals surface area contributed by atoms with Crippen LogP contribution in [0.4, 0.5) is 0 Å². The summed E-state index contributed by atoms with van der Waals surface area (Å²) in [7, 11) is 1.60. The van der Waals surface area contributed by atoms with E-state index in [9.17, 15) is 4.79 Å². The Morgan fingerprint density at radius 3 is 2.71 bits per heavy atom. The van der Waals surface area contributed by atoms with Crippen LogP contribution in [0.1, 0.15) is 37.4 Å². The number of ether oxygens (including phenoxy) is 2. The number of carbonyl (C=O) groups excluding carboxylic acids is 1. The monoisotopic (exact) mass is 381 g/mol. The fraction of sp³-hybridized carbons (Fsp3) is 0.500. The predicted octanol–water partition coefficient (Wildman–Crippen LogP) is 2.96. The molecule has 0 aliphatic carbocycles. The molecule has 148 valence electrons. The van der Waals surface area contributed by atoms with Gasteiger partial charge in [0.1, 0.15) is 11.7 Å². The lowest BCUT2D eigenvalue weighted by Crippen LogP contribution is -2.51. The third-order valence-corrected chi connectivity index (χ3v) is 5.89. The second-order valence-electron chi connectivity index (χ2n) is 7.48. The molecule has 2 aliphatic rings. The molecule has 28 heavy (non-hydrogen) atoms. The Hall–Kier alpha value is -2.31. The average molecular weight is 381 g/mol. The van der Waals surface area contributed by atoms with Crippen molar-refractivity contribution in [3.63, 3.8) is 0 Å². The summed E-state index contributed by atoms with van der Waals surface area (Å²) in [5.74, 6) is 0.803. The zero-order valence-electron chi connectivity index (χ0n) is 16.6. The maximum absolute atomic E-state index is 12.7. The second-order valence-corrected chi connectivity index (χ2v) is 7.48. The normalized spacial score (nSPS) is 19.3. The molecule has 1 saturated heterocycles. The van der Waals surface area contributed by atoms with E-state index in [4.69, 9.17) is 14.5 Å². The van der Waals surface area contributed by atoms with Gasteiger partial charge in [-0.2, -0.15) is 0 Å². The first-order chi connectivity index (χ1) is 13.7. The highest BCUT2D eigenvalue weighted by Gasteiger charge is 2.44. The zero-order chi connectivity index (χ0) is 19.6. The highest BCUT2D eigenvalue weighted by molar-refractivity contribution is 5.81. The van der Waals surface area contributed by atoms with Gasteiger partial charge in [-0.25, -0.2) is 9.97 Å². The van der Waals surface area contributed by atoms with Crippen molar-refractivity contribution in [3.05, 3.63) is 47.8 Å². The highest BCUT2D eigenvalue weighted by Crippen LogP contribution is 2.41. The smallest absolute Gasteiger partial charge is 0.251 e. The molecule has 0 bridgehead atoms. The van der Waals surface area contributed by atoms with Gasteiger partial charge in [0, 0.05) is 32.0 Å². The van der Waals surface area contributed by atoms with Crippen molar-refractivity contribution in [1.82, 2.24) is 14.9 Å². The molecule has 4 rings (SSSR count). The number of carbonyl (C=O) groups is 1.